The van der Waals surface area contributed by atoms with Crippen molar-refractivity contribution >= 4 is 0 Å². The third-order valence-corrected chi connectivity index (χ3v) is 4.91. The summed E-state index contributed by atoms with van der Waals surface area (Å²) in [6.45, 7) is 10.4. The summed E-state index contributed by atoms with van der Waals surface area (Å²) in [6, 6.07) is 16.5. The topological polar surface area (TPSA) is 27.7 Å². The lowest BCUT2D eigenvalue weighted by atomic mass is 9.96. The van der Waals surface area contributed by atoms with Gasteiger partial charge in [-0.1, -0.05) is 57.9 Å². The summed E-state index contributed by atoms with van der Waals surface area (Å²) in [5.41, 5.74) is 2.62. The van der Waals surface area contributed by atoms with E-state index < -0.39 is 0 Å². The van der Waals surface area contributed by atoms with Crippen LogP contribution in [0.2, 0.25) is 0 Å². The van der Waals surface area contributed by atoms with Gasteiger partial charge in [0.2, 0.25) is 6.79 Å². The summed E-state index contributed by atoms with van der Waals surface area (Å²) in [5.74, 6) is 2.63. The molecule has 2 aromatic carbocycles. The molecule has 0 fully saturated rings. The number of hydrogen-bond acceptors (Lipinski definition) is 3. The second-order valence-corrected chi connectivity index (χ2v) is 7.15. The molecule has 3 heteroatoms. The summed E-state index contributed by atoms with van der Waals surface area (Å²) in [6.07, 6.45) is 3.75. The van der Waals surface area contributed by atoms with Gasteiger partial charge in [0, 0.05) is 12.5 Å². The second-order valence-electron chi connectivity index (χ2n) is 7.15. The molecule has 0 aliphatic rings. The average molecular weight is 371 g/mol. The third-order valence-electron chi connectivity index (χ3n) is 4.91. The molecule has 0 heterocycles. The van der Waals surface area contributed by atoms with Crippen LogP contribution in [-0.2, 0) is 4.74 Å². The van der Waals surface area contributed by atoms with Gasteiger partial charge in [0.1, 0.15) is 11.5 Å². The molecular weight excluding hydrogens is 336 g/mol. The van der Waals surface area contributed by atoms with Crippen LogP contribution in [0.15, 0.2) is 48.5 Å². The van der Waals surface area contributed by atoms with Gasteiger partial charge >= 0.3 is 0 Å². The molecule has 0 saturated carbocycles. The quantitative estimate of drug-likeness (QED) is 0.397. The Balaban J connectivity index is 1.77. The molecule has 2 rings (SSSR count). The molecule has 148 valence electrons. The van der Waals surface area contributed by atoms with Crippen LogP contribution in [-0.4, -0.2) is 20.0 Å². The SMILES string of the molecule is CCCCC(C)c1ccc(OCOc2ccc(C(C)COCC)cc2)cc1. The monoisotopic (exact) mass is 370 g/mol. The third kappa shape index (κ3) is 7.26. The zero-order valence-electron chi connectivity index (χ0n) is 17.2. The van der Waals surface area contributed by atoms with E-state index in [2.05, 4.69) is 45.0 Å². The summed E-state index contributed by atoms with van der Waals surface area (Å²) in [7, 11) is 0. The minimum Gasteiger partial charge on any atom is -0.458 e. The highest BCUT2D eigenvalue weighted by Crippen LogP contribution is 2.24. The largest absolute Gasteiger partial charge is 0.458 e. The van der Waals surface area contributed by atoms with Gasteiger partial charge in [-0.2, -0.15) is 0 Å². The van der Waals surface area contributed by atoms with Crippen LogP contribution < -0.4 is 9.47 Å². The van der Waals surface area contributed by atoms with Crippen LogP contribution in [0, 0.1) is 0 Å². The Labute approximate surface area is 164 Å². The number of unbranched alkanes of at least 4 members (excludes halogenated alkanes) is 1. The highest BCUT2D eigenvalue weighted by atomic mass is 16.7. The molecule has 3 nitrogen and oxygen atoms in total. The molecule has 0 N–H and O–H groups in total. The zero-order valence-corrected chi connectivity index (χ0v) is 17.2. The molecule has 0 aliphatic carbocycles. The maximum absolute atomic E-state index is 5.71. The fraction of sp³-hybridized carbons (Fsp3) is 0.500. The minimum atomic E-state index is 0.207. The zero-order chi connectivity index (χ0) is 19.5. The molecule has 0 aliphatic heterocycles. The predicted molar refractivity (Wildman–Crippen MR) is 112 cm³/mol. The average Bonchev–Trinajstić information content (AvgIpc) is 2.71. The van der Waals surface area contributed by atoms with Gasteiger partial charge in [0.15, 0.2) is 0 Å². The first-order chi connectivity index (χ1) is 13.1. The summed E-state index contributed by atoms with van der Waals surface area (Å²) in [5, 5.41) is 0. The lowest BCUT2D eigenvalue weighted by Gasteiger charge is -2.14. The van der Waals surface area contributed by atoms with Crippen molar-refractivity contribution in [1.82, 2.24) is 0 Å². The Bertz CT molecular complexity index is 576. The Morgan fingerprint density at radius 1 is 0.741 bits per heavy atom. The normalized spacial score (nSPS) is 13.2. The van der Waals surface area contributed by atoms with E-state index >= 15 is 0 Å². The molecule has 0 bridgehead atoms. The van der Waals surface area contributed by atoms with Gasteiger partial charge in [-0.3, -0.25) is 0 Å². The Morgan fingerprint density at radius 3 is 1.74 bits per heavy atom. The molecule has 27 heavy (non-hydrogen) atoms. The van der Waals surface area contributed by atoms with Crippen molar-refractivity contribution in [3.63, 3.8) is 0 Å². The summed E-state index contributed by atoms with van der Waals surface area (Å²) in [4.78, 5) is 0. The summed E-state index contributed by atoms with van der Waals surface area (Å²) < 4.78 is 16.9. The van der Waals surface area contributed by atoms with Gasteiger partial charge in [-0.25, -0.2) is 0 Å². The fourth-order valence-electron chi connectivity index (χ4n) is 3.02. The molecule has 2 aromatic rings. The summed E-state index contributed by atoms with van der Waals surface area (Å²) >= 11 is 0. The van der Waals surface area contributed by atoms with Crippen molar-refractivity contribution < 1.29 is 14.2 Å². The van der Waals surface area contributed by atoms with Crippen LogP contribution in [0.3, 0.4) is 0 Å². The smallest absolute Gasteiger partial charge is 0.230 e. The molecule has 0 saturated heterocycles. The Morgan fingerprint density at radius 2 is 1.26 bits per heavy atom. The Kier molecular flexibility index (Phi) is 9.20. The van der Waals surface area contributed by atoms with Crippen molar-refractivity contribution in [2.75, 3.05) is 20.0 Å². The molecule has 2 atom stereocenters. The highest BCUT2D eigenvalue weighted by Gasteiger charge is 2.07. The number of rotatable bonds is 12. The number of ether oxygens (including phenoxy) is 3. The Hall–Kier alpha value is -2.00. The molecular formula is C24H34O3. The lowest BCUT2D eigenvalue weighted by Crippen LogP contribution is -2.07. The maximum Gasteiger partial charge on any atom is 0.230 e. The van der Waals surface area contributed by atoms with E-state index in [1.54, 1.807) is 0 Å². The molecule has 2 unspecified atom stereocenters. The van der Waals surface area contributed by atoms with Crippen LogP contribution in [0.4, 0.5) is 0 Å². The van der Waals surface area contributed by atoms with Crippen molar-refractivity contribution in [1.29, 1.82) is 0 Å². The van der Waals surface area contributed by atoms with Crippen LogP contribution >= 0.6 is 0 Å². The van der Waals surface area contributed by atoms with Crippen molar-refractivity contribution in [2.24, 2.45) is 0 Å². The second kappa shape index (κ2) is 11.7. The van der Waals surface area contributed by atoms with E-state index in [9.17, 15) is 0 Å². The van der Waals surface area contributed by atoms with Crippen molar-refractivity contribution in [3.8, 4) is 11.5 Å². The standard InChI is InChI=1S/C24H34O3/c1-5-7-8-19(3)21-9-13-23(14-10-21)26-18-27-24-15-11-22(12-16-24)20(4)17-25-6-2/h9-16,19-20H,5-8,17-18H2,1-4H3. The first-order valence-corrected chi connectivity index (χ1v) is 10.2. The van der Waals surface area contributed by atoms with E-state index in [0.717, 1.165) is 24.7 Å². The van der Waals surface area contributed by atoms with Crippen LogP contribution in [0.1, 0.15) is 69.9 Å². The van der Waals surface area contributed by atoms with Gasteiger partial charge in [-0.15, -0.1) is 0 Å². The van der Waals surface area contributed by atoms with E-state index in [0.29, 0.717) is 11.8 Å². The first-order valence-electron chi connectivity index (χ1n) is 10.2. The number of benzene rings is 2. The highest BCUT2D eigenvalue weighted by molar-refractivity contribution is 5.30. The van der Waals surface area contributed by atoms with E-state index in [1.807, 2.05) is 31.2 Å². The van der Waals surface area contributed by atoms with E-state index in [4.69, 9.17) is 14.2 Å². The van der Waals surface area contributed by atoms with Crippen molar-refractivity contribution in [3.05, 3.63) is 59.7 Å². The predicted octanol–water partition coefficient (Wildman–Crippen LogP) is 6.54. The minimum absolute atomic E-state index is 0.207. The lowest BCUT2D eigenvalue weighted by molar-refractivity contribution is 0.119. The molecule has 0 radical (unpaired) electrons. The molecule has 0 aromatic heterocycles. The molecule has 0 spiro atoms. The van der Waals surface area contributed by atoms with Gasteiger partial charge in [0.25, 0.3) is 0 Å². The first kappa shape index (κ1) is 21.3. The van der Waals surface area contributed by atoms with E-state index in [-0.39, 0.29) is 6.79 Å². The van der Waals surface area contributed by atoms with Gasteiger partial charge in [-0.05, 0) is 54.7 Å². The van der Waals surface area contributed by atoms with Crippen molar-refractivity contribution in [2.45, 2.75) is 58.8 Å². The maximum atomic E-state index is 5.71. The van der Waals surface area contributed by atoms with Crippen LogP contribution in [0.5, 0.6) is 11.5 Å². The number of hydrogen-bond donors (Lipinski definition) is 0. The molecule has 0 amide bonds. The van der Waals surface area contributed by atoms with Crippen LogP contribution in [0.25, 0.3) is 0 Å². The van der Waals surface area contributed by atoms with Gasteiger partial charge < -0.3 is 14.2 Å². The fourth-order valence-corrected chi connectivity index (χ4v) is 3.02. The van der Waals surface area contributed by atoms with Gasteiger partial charge in [0.05, 0.1) is 6.61 Å². The van der Waals surface area contributed by atoms with E-state index in [1.165, 1.54) is 30.4 Å².